The number of anilines is 1. The Labute approximate surface area is 175 Å². The van der Waals surface area contributed by atoms with Crippen LogP contribution in [0, 0.1) is 6.92 Å². The van der Waals surface area contributed by atoms with E-state index >= 15 is 0 Å². The number of aromatic nitrogens is 1. The molecular weight excluding hydrogens is 384 g/mol. The first kappa shape index (κ1) is 20.6. The molecule has 0 atom stereocenters. The maximum atomic E-state index is 12.3. The summed E-state index contributed by atoms with van der Waals surface area (Å²) in [6.45, 7) is 7.00. The average Bonchev–Trinajstić information content (AvgIpc) is 3.17. The minimum atomic E-state index is -0.235. The quantitative estimate of drug-likeness (QED) is 0.495. The van der Waals surface area contributed by atoms with Crippen LogP contribution < -0.4 is 14.8 Å². The van der Waals surface area contributed by atoms with Crippen molar-refractivity contribution in [3.63, 3.8) is 0 Å². The first-order valence-corrected chi connectivity index (χ1v) is 10.4. The number of amides is 1. The molecular formula is C23H24N2O3S. The summed E-state index contributed by atoms with van der Waals surface area (Å²) in [4.78, 5) is 16.8. The van der Waals surface area contributed by atoms with Crippen molar-refractivity contribution in [3.8, 4) is 22.8 Å². The molecule has 2 aromatic carbocycles. The molecule has 150 valence electrons. The number of thiazole rings is 1. The molecule has 1 N–H and O–H groups in total. The van der Waals surface area contributed by atoms with Crippen LogP contribution in [-0.2, 0) is 4.79 Å². The van der Waals surface area contributed by atoms with Crippen molar-refractivity contribution in [2.75, 3.05) is 18.5 Å². The molecule has 1 aromatic heterocycles. The summed E-state index contributed by atoms with van der Waals surface area (Å²) in [5, 5.41) is 5.31. The van der Waals surface area contributed by atoms with E-state index in [0.29, 0.717) is 29.8 Å². The SMILES string of the molecule is CCOc1ccc(/C=C/C(=O)Nc2nc(-c3ccc(C)cc3)cs2)cc1OCC. The predicted octanol–water partition coefficient (Wildman–Crippen LogP) is 5.57. The smallest absolute Gasteiger partial charge is 0.250 e. The standard InChI is InChI=1S/C23H24N2O3S/c1-4-27-20-12-8-17(14-21(20)28-5-2)9-13-22(26)25-23-24-19(15-29-23)18-10-6-16(3)7-11-18/h6-15H,4-5H2,1-3H3,(H,24,25,26)/b13-9+. The molecule has 6 heteroatoms. The highest BCUT2D eigenvalue weighted by Gasteiger charge is 2.08. The van der Waals surface area contributed by atoms with Crippen LogP contribution in [0.5, 0.6) is 11.5 Å². The Morgan fingerprint density at radius 3 is 2.52 bits per heavy atom. The number of carbonyl (C=O) groups excluding carboxylic acids is 1. The summed E-state index contributed by atoms with van der Waals surface area (Å²) in [5.74, 6) is 1.13. The number of aryl methyl sites for hydroxylation is 1. The summed E-state index contributed by atoms with van der Waals surface area (Å²) in [6, 6.07) is 13.7. The Morgan fingerprint density at radius 2 is 1.79 bits per heavy atom. The third-order valence-electron chi connectivity index (χ3n) is 4.08. The third-order valence-corrected chi connectivity index (χ3v) is 4.83. The summed E-state index contributed by atoms with van der Waals surface area (Å²) in [6.07, 6.45) is 3.22. The van der Waals surface area contributed by atoms with Gasteiger partial charge in [-0.1, -0.05) is 35.9 Å². The lowest BCUT2D eigenvalue weighted by Gasteiger charge is -2.11. The monoisotopic (exact) mass is 408 g/mol. The molecule has 1 amide bonds. The minimum Gasteiger partial charge on any atom is -0.490 e. The fraction of sp³-hybridized carbons (Fsp3) is 0.217. The van der Waals surface area contributed by atoms with Crippen molar-refractivity contribution in [3.05, 3.63) is 65.0 Å². The van der Waals surface area contributed by atoms with Gasteiger partial charge in [0, 0.05) is 17.0 Å². The lowest BCUT2D eigenvalue weighted by atomic mass is 10.1. The van der Waals surface area contributed by atoms with Gasteiger partial charge in [0.25, 0.3) is 0 Å². The van der Waals surface area contributed by atoms with Crippen LogP contribution in [0.3, 0.4) is 0 Å². The first-order valence-electron chi connectivity index (χ1n) is 9.50. The van der Waals surface area contributed by atoms with E-state index in [0.717, 1.165) is 16.8 Å². The molecule has 0 spiro atoms. The van der Waals surface area contributed by atoms with Gasteiger partial charge in [-0.2, -0.15) is 0 Å². The second-order valence-electron chi connectivity index (χ2n) is 6.30. The topological polar surface area (TPSA) is 60.5 Å². The normalized spacial score (nSPS) is 10.9. The Bertz CT molecular complexity index is 994. The molecule has 0 bridgehead atoms. The zero-order chi connectivity index (χ0) is 20.6. The molecule has 0 unspecified atom stereocenters. The van der Waals surface area contributed by atoms with Gasteiger partial charge in [0.15, 0.2) is 16.6 Å². The van der Waals surface area contributed by atoms with Crippen LogP contribution in [0.1, 0.15) is 25.0 Å². The predicted molar refractivity (Wildman–Crippen MR) is 119 cm³/mol. The lowest BCUT2D eigenvalue weighted by Crippen LogP contribution is -2.07. The van der Waals surface area contributed by atoms with Crippen molar-refractivity contribution in [2.45, 2.75) is 20.8 Å². The van der Waals surface area contributed by atoms with E-state index in [-0.39, 0.29) is 5.91 Å². The van der Waals surface area contributed by atoms with Crippen LogP contribution in [-0.4, -0.2) is 24.1 Å². The van der Waals surface area contributed by atoms with Gasteiger partial charge in [0.1, 0.15) is 0 Å². The van der Waals surface area contributed by atoms with E-state index in [9.17, 15) is 4.79 Å². The Kier molecular flexibility index (Phi) is 7.03. The van der Waals surface area contributed by atoms with Gasteiger partial charge >= 0.3 is 0 Å². The largest absolute Gasteiger partial charge is 0.490 e. The minimum absolute atomic E-state index is 0.235. The van der Waals surface area contributed by atoms with E-state index in [1.165, 1.54) is 23.0 Å². The Balaban J connectivity index is 1.65. The van der Waals surface area contributed by atoms with Crippen LogP contribution in [0.4, 0.5) is 5.13 Å². The molecule has 0 saturated heterocycles. The molecule has 1 heterocycles. The van der Waals surface area contributed by atoms with Gasteiger partial charge in [-0.05, 0) is 44.5 Å². The second-order valence-corrected chi connectivity index (χ2v) is 7.16. The van der Waals surface area contributed by atoms with Crippen molar-refractivity contribution >= 4 is 28.5 Å². The molecule has 0 fully saturated rings. The van der Waals surface area contributed by atoms with Crippen molar-refractivity contribution in [2.24, 2.45) is 0 Å². The van der Waals surface area contributed by atoms with Crippen LogP contribution in [0.2, 0.25) is 0 Å². The molecule has 0 aliphatic heterocycles. The maximum Gasteiger partial charge on any atom is 0.250 e. The molecule has 0 saturated carbocycles. The molecule has 29 heavy (non-hydrogen) atoms. The van der Waals surface area contributed by atoms with Gasteiger partial charge in [0.2, 0.25) is 5.91 Å². The van der Waals surface area contributed by atoms with E-state index in [1.807, 2.05) is 68.6 Å². The Morgan fingerprint density at radius 1 is 1.07 bits per heavy atom. The first-order chi connectivity index (χ1) is 14.1. The highest BCUT2D eigenvalue weighted by atomic mass is 32.1. The number of hydrogen-bond donors (Lipinski definition) is 1. The van der Waals surface area contributed by atoms with E-state index in [4.69, 9.17) is 9.47 Å². The molecule has 5 nitrogen and oxygen atoms in total. The average molecular weight is 409 g/mol. The number of ether oxygens (including phenoxy) is 2. The van der Waals surface area contributed by atoms with Gasteiger partial charge in [-0.3, -0.25) is 10.1 Å². The van der Waals surface area contributed by atoms with Crippen molar-refractivity contribution in [1.29, 1.82) is 0 Å². The highest BCUT2D eigenvalue weighted by molar-refractivity contribution is 7.14. The zero-order valence-corrected chi connectivity index (χ0v) is 17.6. The van der Waals surface area contributed by atoms with Gasteiger partial charge in [0.05, 0.1) is 18.9 Å². The number of nitrogens with one attached hydrogen (secondary N) is 1. The third kappa shape index (κ3) is 5.68. The molecule has 3 aromatic rings. The van der Waals surface area contributed by atoms with Crippen LogP contribution in [0.15, 0.2) is 53.9 Å². The van der Waals surface area contributed by atoms with Gasteiger partial charge in [-0.25, -0.2) is 4.98 Å². The summed E-state index contributed by atoms with van der Waals surface area (Å²) in [7, 11) is 0. The summed E-state index contributed by atoms with van der Waals surface area (Å²) in [5.41, 5.74) is 3.93. The fourth-order valence-corrected chi connectivity index (χ4v) is 3.40. The molecule has 0 radical (unpaired) electrons. The van der Waals surface area contributed by atoms with Crippen molar-refractivity contribution in [1.82, 2.24) is 4.98 Å². The Hall–Kier alpha value is -3.12. The van der Waals surface area contributed by atoms with Gasteiger partial charge in [-0.15, -0.1) is 11.3 Å². The number of rotatable bonds is 8. The zero-order valence-electron chi connectivity index (χ0n) is 16.8. The van der Waals surface area contributed by atoms with E-state index in [1.54, 1.807) is 6.08 Å². The number of nitrogens with zero attached hydrogens (tertiary/aromatic N) is 1. The van der Waals surface area contributed by atoms with Crippen molar-refractivity contribution < 1.29 is 14.3 Å². The van der Waals surface area contributed by atoms with Crippen LogP contribution >= 0.6 is 11.3 Å². The van der Waals surface area contributed by atoms with Gasteiger partial charge < -0.3 is 9.47 Å². The van der Waals surface area contributed by atoms with E-state index in [2.05, 4.69) is 10.3 Å². The number of carbonyl (C=O) groups is 1. The number of benzene rings is 2. The molecule has 3 rings (SSSR count). The van der Waals surface area contributed by atoms with E-state index < -0.39 is 0 Å². The summed E-state index contributed by atoms with van der Waals surface area (Å²) >= 11 is 1.40. The highest BCUT2D eigenvalue weighted by Crippen LogP contribution is 2.29. The maximum absolute atomic E-state index is 12.3. The molecule has 0 aliphatic rings. The van der Waals surface area contributed by atoms with Crippen LogP contribution in [0.25, 0.3) is 17.3 Å². The lowest BCUT2D eigenvalue weighted by molar-refractivity contribution is -0.111. The number of hydrogen-bond acceptors (Lipinski definition) is 5. The fourth-order valence-electron chi connectivity index (χ4n) is 2.68. The summed E-state index contributed by atoms with van der Waals surface area (Å²) < 4.78 is 11.2. The second kappa shape index (κ2) is 9.89. The molecule has 0 aliphatic carbocycles.